The van der Waals surface area contributed by atoms with Crippen molar-refractivity contribution in [2.45, 2.75) is 50.7 Å². The third-order valence-corrected chi connectivity index (χ3v) is 5.75. The van der Waals surface area contributed by atoms with E-state index in [0.717, 1.165) is 37.1 Å². The fourth-order valence-electron chi connectivity index (χ4n) is 3.98. The molecule has 1 aliphatic carbocycles. The van der Waals surface area contributed by atoms with Crippen LogP contribution in [0.5, 0.6) is 0 Å². The maximum atomic E-state index is 13.0. The van der Waals surface area contributed by atoms with Crippen molar-refractivity contribution in [1.82, 2.24) is 24.6 Å². The number of amides is 2. The van der Waals surface area contributed by atoms with Crippen LogP contribution in [0.1, 0.15) is 49.0 Å². The van der Waals surface area contributed by atoms with Crippen LogP contribution in [0.4, 0.5) is 9.18 Å². The number of likely N-dealkylation sites (tertiary alicyclic amines) is 1. The first-order valence-corrected chi connectivity index (χ1v) is 10.5. The molecule has 162 valence electrons. The van der Waals surface area contributed by atoms with E-state index < -0.39 is 0 Å². The molecule has 1 N–H and O–H groups in total. The fourth-order valence-corrected chi connectivity index (χ4v) is 3.98. The van der Waals surface area contributed by atoms with E-state index in [4.69, 9.17) is 4.74 Å². The average Bonchev–Trinajstić information content (AvgIpc) is 3.55. The molecule has 9 heteroatoms. The van der Waals surface area contributed by atoms with Crippen LogP contribution < -0.4 is 11.0 Å². The highest BCUT2D eigenvalue weighted by Gasteiger charge is 2.35. The van der Waals surface area contributed by atoms with Gasteiger partial charge in [0.15, 0.2) is 0 Å². The third-order valence-electron chi connectivity index (χ3n) is 5.75. The second kappa shape index (κ2) is 8.99. The maximum Gasteiger partial charge on any atom is 0.346 e. The molecule has 2 amide bonds. The molecule has 8 nitrogen and oxygen atoms in total. The Hall–Kier alpha value is -2.68. The number of rotatable bonds is 7. The smallest absolute Gasteiger partial charge is 0.346 e. The van der Waals surface area contributed by atoms with Gasteiger partial charge in [0.05, 0.1) is 13.2 Å². The third kappa shape index (κ3) is 4.56. The van der Waals surface area contributed by atoms with Gasteiger partial charge in [-0.2, -0.15) is 5.10 Å². The Balaban J connectivity index is 1.44. The molecule has 1 atom stereocenters. The number of benzene rings is 1. The molecule has 2 heterocycles. The van der Waals surface area contributed by atoms with Crippen molar-refractivity contribution >= 4 is 6.03 Å². The molecule has 0 radical (unpaired) electrons. The standard InChI is InChI=1S/C21H28FN5O3/c1-30-12-11-26-21(29)27(18-8-9-18)19(24-26)16-3-2-10-25(14-16)20(28)23-13-15-4-6-17(22)7-5-15/h4-7,16,18H,2-3,8-14H2,1H3,(H,23,28). The zero-order valence-corrected chi connectivity index (χ0v) is 17.2. The van der Waals surface area contributed by atoms with Gasteiger partial charge in [0.1, 0.15) is 11.6 Å². The van der Waals surface area contributed by atoms with E-state index in [1.54, 1.807) is 24.1 Å². The van der Waals surface area contributed by atoms with Crippen molar-refractivity contribution in [2.75, 3.05) is 26.8 Å². The highest BCUT2D eigenvalue weighted by molar-refractivity contribution is 5.74. The first-order valence-electron chi connectivity index (χ1n) is 10.5. The van der Waals surface area contributed by atoms with Gasteiger partial charge < -0.3 is 15.0 Å². The SMILES string of the molecule is COCCn1nc(C2CCCN(C(=O)NCc3ccc(F)cc3)C2)n(C2CC2)c1=O. The Bertz CT molecular complexity index is 935. The van der Waals surface area contributed by atoms with Gasteiger partial charge >= 0.3 is 11.7 Å². The molecule has 1 unspecified atom stereocenters. The summed E-state index contributed by atoms with van der Waals surface area (Å²) >= 11 is 0. The van der Waals surface area contributed by atoms with Gasteiger partial charge in [-0.05, 0) is 43.4 Å². The number of carbonyl (C=O) groups is 1. The van der Waals surface area contributed by atoms with E-state index in [1.807, 2.05) is 4.57 Å². The summed E-state index contributed by atoms with van der Waals surface area (Å²) in [6.45, 7) is 2.41. The number of nitrogens with zero attached hydrogens (tertiary/aromatic N) is 4. The van der Waals surface area contributed by atoms with Gasteiger partial charge in [-0.3, -0.25) is 4.57 Å². The lowest BCUT2D eigenvalue weighted by Gasteiger charge is -2.32. The molecule has 1 saturated carbocycles. The zero-order valence-electron chi connectivity index (χ0n) is 17.2. The van der Waals surface area contributed by atoms with Crippen LogP contribution in [-0.2, 0) is 17.8 Å². The van der Waals surface area contributed by atoms with Crippen LogP contribution in [-0.4, -0.2) is 52.1 Å². The van der Waals surface area contributed by atoms with Crippen molar-refractivity contribution in [2.24, 2.45) is 0 Å². The molecular formula is C21H28FN5O3. The second-order valence-corrected chi connectivity index (χ2v) is 8.03. The molecule has 2 aromatic rings. The summed E-state index contributed by atoms with van der Waals surface area (Å²) in [5, 5.41) is 7.53. The summed E-state index contributed by atoms with van der Waals surface area (Å²) in [5.74, 6) is 0.526. The predicted molar refractivity (Wildman–Crippen MR) is 109 cm³/mol. The van der Waals surface area contributed by atoms with E-state index in [9.17, 15) is 14.0 Å². The minimum Gasteiger partial charge on any atom is -0.383 e. The molecule has 2 aliphatic rings. The normalized spacial score (nSPS) is 19.1. The Morgan fingerprint density at radius 1 is 1.27 bits per heavy atom. The number of carbonyl (C=O) groups excluding carboxylic acids is 1. The minimum absolute atomic E-state index is 0.0346. The molecule has 1 aromatic carbocycles. The Morgan fingerprint density at radius 3 is 2.73 bits per heavy atom. The van der Waals surface area contributed by atoms with Gasteiger partial charge in [0, 0.05) is 38.7 Å². The van der Waals surface area contributed by atoms with Crippen LogP contribution in [0.3, 0.4) is 0 Å². The molecule has 0 spiro atoms. The topological polar surface area (TPSA) is 81.4 Å². The van der Waals surface area contributed by atoms with E-state index in [1.165, 1.54) is 16.8 Å². The molecule has 0 bridgehead atoms. The van der Waals surface area contributed by atoms with Crippen molar-refractivity contribution in [1.29, 1.82) is 0 Å². The Kier molecular flexibility index (Phi) is 6.17. The first kappa shape index (κ1) is 20.6. The lowest BCUT2D eigenvalue weighted by molar-refractivity contribution is 0.176. The lowest BCUT2D eigenvalue weighted by atomic mass is 9.97. The van der Waals surface area contributed by atoms with Crippen LogP contribution in [0.2, 0.25) is 0 Å². The summed E-state index contributed by atoms with van der Waals surface area (Å²) < 4.78 is 21.5. The highest BCUT2D eigenvalue weighted by Crippen LogP contribution is 2.37. The zero-order chi connectivity index (χ0) is 21.1. The largest absolute Gasteiger partial charge is 0.383 e. The fraction of sp³-hybridized carbons (Fsp3) is 0.571. The number of aromatic nitrogens is 3. The second-order valence-electron chi connectivity index (χ2n) is 8.03. The van der Waals surface area contributed by atoms with Crippen molar-refractivity contribution < 1.29 is 13.9 Å². The Morgan fingerprint density at radius 2 is 2.03 bits per heavy atom. The summed E-state index contributed by atoms with van der Waals surface area (Å²) in [6, 6.07) is 6.17. The number of methoxy groups -OCH3 is 1. The number of hydrogen-bond acceptors (Lipinski definition) is 4. The lowest BCUT2D eigenvalue weighted by Crippen LogP contribution is -2.45. The maximum absolute atomic E-state index is 13.0. The molecule has 1 aromatic heterocycles. The summed E-state index contributed by atoms with van der Waals surface area (Å²) in [7, 11) is 1.60. The van der Waals surface area contributed by atoms with Crippen molar-refractivity contribution in [3.05, 3.63) is 52.0 Å². The number of urea groups is 1. The van der Waals surface area contributed by atoms with Crippen LogP contribution >= 0.6 is 0 Å². The molecular weight excluding hydrogens is 389 g/mol. The van der Waals surface area contributed by atoms with Gasteiger partial charge in [0.25, 0.3) is 0 Å². The first-order chi connectivity index (χ1) is 14.6. The molecule has 1 saturated heterocycles. The monoisotopic (exact) mass is 417 g/mol. The molecule has 4 rings (SSSR count). The van der Waals surface area contributed by atoms with Crippen molar-refractivity contribution in [3.8, 4) is 0 Å². The predicted octanol–water partition coefficient (Wildman–Crippen LogP) is 2.25. The number of ether oxygens (including phenoxy) is 1. The highest BCUT2D eigenvalue weighted by atomic mass is 19.1. The van der Waals surface area contributed by atoms with Crippen LogP contribution in [0, 0.1) is 5.82 Å². The van der Waals surface area contributed by atoms with Crippen LogP contribution in [0.15, 0.2) is 29.1 Å². The van der Waals surface area contributed by atoms with Crippen molar-refractivity contribution in [3.63, 3.8) is 0 Å². The average molecular weight is 417 g/mol. The van der Waals surface area contributed by atoms with Gasteiger partial charge in [-0.1, -0.05) is 12.1 Å². The van der Waals surface area contributed by atoms with E-state index >= 15 is 0 Å². The number of hydrogen-bond donors (Lipinski definition) is 1. The summed E-state index contributed by atoms with van der Waals surface area (Å²) in [4.78, 5) is 27.3. The Labute approximate surface area is 174 Å². The summed E-state index contributed by atoms with van der Waals surface area (Å²) in [5.41, 5.74) is 0.764. The number of nitrogens with one attached hydrogen (secondary N) is 1. The van der Waals surface area contributed by atoms with E-state index in [0.29, 0.717) is 32.8 Å². The van der Waals surface area contributed by atoms with Crippen LogP contribution in [0.25, 0.3) is 0 Å². The van der Waals surface area contributed by atoms with E-state index in [-0.39, 0.29) is 29.5 Å². The number of halogens is 1. The molecule has 30 heavy (non-hydrogen) atoms. The van der Waals surface area contributed by atoms with Gasteiger partial charge in [-0.15, -0.1) is 0 Å². The quantitative estimate of drug-likeness (QED) is 0.749. The van der Waals surface area contributed by atoms with Gasteiger partial charge in [-0.25, -0.2) is 18.7 Å². The van der Waals surface area contributed by atoms with Gasteiger partial charge in [0.2, 0.25) is 0 Å². The molecule has 1 aliphatic heterocycles. The molecule has 2 fully saturated rings. The summed E-state index contributed by atoms with van der Waals surface area (Å²) in [6.07, 6.45) is 3.75. The number of piperidine rings is 1. The minimum atomic E-state index is -0.296. The van der Waals surface area contributed by atoms with E-state index in [2.05, 4.69) is 10.4 Å².